The van der Waals surface area contributed by atoms with Crippen molar-refractivity contribution in [2.24, 2.45) is 5.92 Å². The van der Waals surface area contributed by atoms with Gasteiger partial charge in [0.25, 0.3) is 0 Å². The lowest BCUT2D eigenvalue weighted by Gasteiger charge is -2.21. The molecule has 6 heteroatoms. The zero-order chi connectivity index (χ0) is 21.7. The maximum absolute atomic E-state index is 12.8. The van der Waals surface area contributed by atoms with E-state index < -0.39 is 5.92 Å². The zero-order valence-corrected chi connectivity index (χ0v) is 17.9. The second kappa shape index (κ2) is 9.57. The maximum atomic E-state index is 12.8. The van der Waals surface area contributed by atoms with Gasteiger partial charge in [-0.2, -0.15) is 0 Å². The molecule has 2 aromatic carbocycles. The molecule has 1 unspecified atom stereocenters. The Morgan fingerprint density at radius 1 is 1.13 bits per heavy atom. The summed E-state index contributed by atoms with van der Waals surface area (Å²) in [6, 6.07) is 15.7. The summed E-state index contributed by atoms with van der Waals surface area (Å²) < 4.78 is 0. The fraction of sp³-hybridized carbons (Fsp3) is 0.375. The van der Waals surface area contributed by atoms with Gasteiger partial charge in [-0.25, -0.2) is 0 Å². The number of para-hydroxylation sites is 1. The molecule has 1 fully saturated rings. The number of hydrogen-bond acceptors (Lipinski definition) is 3. The Labute approximate surface area is 177 Å². The van der Waals surface area contributed by atoms with Crippen LogP contribution in [-0.2, 0) is 27.3 Å². The van der Waals surface area contributed by atoms with Crippen molar-refractivity contribution in [3.8, 4) is 0 Å². The second-order valence-corrected chi connectivity index (χ2v) is 7.91. The Bertz CT molecular complexity index is 924. The normalized spacial score (nSPS) is 15.9. The number of amides is 3. The number of likely N-dealkylation sites (tertiary alicyclic amines) is 1. The average Bonchev–Trinajstić information content (AvgIpc) is 3.09. The number of carbonyl (C=O) groups is 3. The van der Waals surface area contributed by atoms with Gasteiger partial charge in [0, 0.05) is 32.2 Å². The lowest BCUT2D eigenvalue weighted by atomic mass is 10.1. The van der Waals surface area contributed by atoms with Gasteiger partial charge in [-0.3, -0.25) is 14.4 Å². The van der Waals surface area contributed by atoms with Gasteiger partial charge in [0.05, 0.1) is 12.5 Å². The third kappa shape index (κ3) is 5.26. The van der Waals surface area contributed by atoms with E-state index >= 15 is 0 Å². The van der Waals surface area contributed by atoms with E-state index in [9.17, 15) is 14.4 Å². The fourth-order valence-electron chi connectivity index (χ4n) is 3.75. The van der Waals surface area contributed by atoms with E-state index in [2.05, 4.69) is 5.32 Å². The number of anilines is 1. The standard InChI is InChI=1S/C24H29N3O3/c1-4-19-7-5-6-8-21(19)25-22(28)16-26(3)24(30)20-13-23(29)27(15-20)14-18-11-9-17(2)10-12-18/h5-12,20H,4,13-16H2,1-3H3,(H,25,28). The van der Waals surface area contributed by atoms with Crippen LogP contribution in [0.5, 0.6) is 0 Å². The molecule has 0 spiro atoms. The number of hydrogen-bond donors (Lipinski definition) is 1. The van der Waals surface area contributed by atoms with Crippen molar-refractivity contribution in [2.75, 3.05) is 25.5 Å². The lowest BCUT2D eigenvalue weighted by molar-refractivity contribution is -0.137. The largest absolute Gasteiger partial charge is 0.338 e. The molecule has 1 aliphatic heterocycles. The van der Waals surface area contributed by atoms with Gasteiger partial charge < -0.3 is 15.1 Å². The minimum Gasteiger partial charge on any atom is -0.338 e. The Kier molecular flexibility index (Phi) is 6.87. The number of aryl methyl sites for hydroxylation is 2. The number of benzene rings is 2. The van der Waals surface area contributed by atoms with Crippen LogP contribution in [0.1, 0.15) is 30.0 Å². The van der Waals surface area contributed by atoms with Crippen molar-refractivity contribution in [1.82, 2.24) is 9.80 Å². The summed E-state index contributed by atoms with van der Waals surface area (Å²) in [5, 5.41) is 2.88. The Balaban J connectivity index is 1.54. The van der Waals surface area contributed by atoms with Crippen LogP contribution in [-0.4, -0.2) is 47.7 Å². The molecule has 0 aliphatic carbocycles. The lowest BCUT2D eigenvalue weighted by Crippen LogP contribution is -2.39. The summed E-state index contributed by atoms with van der Waals surface area (Å²) in [5.74, 6) is -0.853. The number of carbonyl (C=O) groups excluding carboxylic acids is 3. The summed E-state index contributed by atoms with van der Waals surface area (Å²) in [7, 11) is 1.61. The number of likely N-dealkylation sites (N-methyl/N-ethyl adjacent to an activating group) is 1. The number of nitrogens with one attached hydrogen (secondary N) is 1. The van der Waals surface area contributed by atoms with E-state index in [1.165, 1.54) is 10.5 Å². The summed E-state index contributed by atoms with van der Waals surface area (Å²) in [4.78, 5) is 40.8. The van der Waals surface area contributed by atoms with Gasteiger partial charge in [0.2, 0.25) is 17.7 Å². The van der Waals surface area contributed by atoms with Crippen LogP contribution in [0, 0.1) is 12.8 Å². The minimum atomic E-state index is -0.413. The maximum Gasteiger partial charge on any atom is 0.243 e. The predicted molar refractivity (Wildman–Crippen MR) is 117 cm³/mol. The van der Waals surface area contributed by atoms with Gasteiger partial charge in [-0.1, -0.05) is 55.0 Å². The number of nitrogens with zero attached hydrogens (tertiary/aromatic N) is 2. The van der Waals surface area contributed by atoms with Gasteiger partial charge in [-0.15, -0.1) is 0 Å². The van der Waals surface area contributed by atoms with Crippen LogP contribution in [0.3, 0.4) is 0 Å². The second-order valence-electron chi connectivity index (χ2n) is 7.91. The van der Waals surface area contributed by atoms with Crippen molar-refractivity contribution < 1.29 is 14.4 Å². The first kappa shape index (κ1) is 21.6. The highest BCUT2D eigenvalue weighted by molar-refractivity contribution is 5.96. The first-order chi connectivity index (χ1) is 14.4. The summed E-state index contributed by atoms with van der Waals surface area (Å²) in [6.45, 7) is 4.89. The Morgan fingerprint density at radius 2 is 1.83 bits per heavy atom. The van der Waals surface area contributed by atoms with Crippen molar-refractivity contribution >= 4 is 23.4 Å². The summed E-state index contributed by atoms with van der Waals surface area (Å²) in [6.07, 6.45) is 1.00. The highest BCUT2D eigenvalue weighted by Gasteiger charge is 2.36. The van der Waals surface area contributed by atoms with Crippen LogP contribution in [0.15, 0.2) is 48.5 Å². The van der Waals surface area contributed by atoms with E-state index in [0.717, 1.165) is 23.2 Å². The quantitative estimate of drug-likeness (QED) is 0.767. The summed E-state index contributed by atoms with van der Waals surface area (Å²) in [5.41, 5.74) is 4.03. The van der Waals surface area contributed by atoms with Gasteiger partial charge >= 0.3 is 0 Å². The monoisotopic (exact) mass is 407 g/mol. The third-order valence-electron chi connectivity index (χ3n) is 5.49. The molecule has 1 saturated heterocycles. The molecule has 6 nitrogen and oxygen atoms in total. The molecule has 0 saturated carbocycles. The molecule has 0 radical (unpaired) electrons. The molecule has 0 bridgehead atoms. The molecule has 0 aromatic heterocycles. The zero-order valence-electron chi connectivity index (χ0n) is 17.9. The van der Waals surface area contributed by atoms with Crippen LogP contribution in [0.25, 0.3) is 0 Å². The van der Waals surface area contributed by atoms with Crippen LogP contribution >= 0.6 is 0 Å². The van der Waals surface area contributed by atoms with Crippen molar-refractivity contribution in [2.45, 2.75) is 33.2 Å². The van der Waals surface area contributed by atoms with Crippen LogP contribution < -0.4 is 5.32 Å². The SMILES string of the molecule is CCc1ccccc1NC(=O)CN(C)C(=O)C1CC(=O)N(Cc2ccc(C)cc2)C1. The molecule has 1 heterocycles. The van der Waals surface area contributed by atoms with Gasteiger partial charge in [0.15, 0.2) is 0 Å². The van der Waals surface area contributed by atoms with Crippen LogP contribution in [0.4, 0.5) is 5.69 Å². The summed E-state index contributed by atoms with van der Waals surface area (Å²) >= 11 is 0. The molecule has 2 aromatic rings. The van der Waals surface area contributed by atoms with E-state index in [-0.39, 0.29) is 30.7 Å². The van der Waals surface area contributed by atoms with E-state index in [1.54, 1.807) is 11.9 Å². The first-order valence-electron chi connectivity index (χ1n) is 10.3. The van der Waals surface area contributed by atoms with Gasteiger partial charge in [-0.05, 0) is 30.5 Å². The fourth-order valence-corrected chi connectivity index (χ4v) is 3.75. The molecule has 3 rings (SSSR count). The Hall–Kier alpha value is -3.15. The smallest absolute Gasteiger partial charge is 0.243 e. The highest BCUT2D eigenvalue weighted by atomic mass is 16.2. The number of rotatable bonds is 7. The predicted octanol–water partition coefficient (Wildman–Crippen LogP) is 3.00. The molecule has 1 aliphatic rings. The molecule has 30 heavy (non-hydrogen) atoms. The van der Waals surface area contributed by atoms with Crippen LogP contribution in [0.2, 0.25) is 0 Å². The Morgan fingerprint density at radius 3 is 2.53 bits per heavy atom. The first-order valence-corrected chi connectivity index (χ1v) is 10.3. The van der Waals surface area contributed by atoms with E-state index in [1.807, 2.05) is 62.4 Å². The third-order valence-corrected chi connectivity index (χ3v) is 5.49. The van der Waals surface area contributed by atoms with E-state index in [4.69, 9.17) is 0 Å². The minimum absolute atomic E-state index is 0.0244. The molecule has 1 atom stereocenters. The van der Waals surface area contributed by atoms with Crippen molar-refractivity contribution in [1.29, 1.82) is 0 Å². The van der Waals surface area contributed by atoms with Crippen molar-refractivity contribution in [3.05, 3.63) is 65.2 Å². The topological polar surface area (TPSA) is 69.7 Å². The van der Waals surface area contributed by atoms with Gasteiger partial charge in [0.1, 0.15) is 0 Å². The molecule has 3 amide bonds. The molecule has 158 valence electrons. The van der Waals surface area contributed by atoms with E-state index in [0.29, 0.717) is 13.1 Å². The van der Waals surface area contributed by atoms with Crippen molar-refractivity contribution in [3.63, 3.8) is 0 Å². The molecular weight excluding hydrogens is 378 g/mol. The molecular formula is C24H29N3O3. The highest BCUT2D eigenvalue weighted by Crippen LogP contribution is 2.22. The molecule has 1 N–H and O–H groups in total. The average molecular weight is 408 g/mol.